The van der Waals surface area contributed by atoms with Gasteiger partial charge in [-0.25, -0.2) is 0 Å². The molecule has 0 bridgehead atoms. The number of nitrogens with zero attached hydrogens (tertiary/aromatic N) is 1. The van der Waals surface area contributed by atoms with Gasteiger partial charge in [0, 0.05) is 6.54 Å². The smallest absolute Gasteiger partial charge is 0.116 e. The highest BCUT2D eigenvalue weighted by molar-refractivity contribution is 5.19. The van der Waals surface area contributed by atoms with Gasteiger partial charge >= 0.3 is 0 Å². The van der Waals surface area contributed by atoms with E-state index >= 15 is 0 Å². The number of ether oxygens (including phenoxy) is 1. The summed E-state index contributed by atoms with van der Waals surface area (Å²) in [5.41, 5.74) is 1.13. The summed E-state index contributed by atoms with van der Waals surface area (Å²) in [6.45, 7) is 5.18. The largest absolute Gasteiger partial charge is 0.352 e. The normalized spacial score (nSPS) is 26.6. The zero-order chi connectivity index (χ0) is 10.2. The summed E-state index contributed by atoms with van der Waals surface area (Å²) in [7, 11) is 2.10. The van der Waals surface area contributed by atoms with Crippen LogP contribution in [0.1, 0.15) is 25.5 Å². The van der Waals surface area contributed by atoms with Gasteiger partial charge in [0.1, 0.15) is 5.72 Å². The Labute approximate surface area is 85.5 Å². The first-order chi connectivity index (χ1) is 6.59. The van der Waals surface area contributed by atoms with Crippen LogP contribution in [0.2, 0.25) is 0 Å². The van der Waals surface area contributed by atoms with Crippen LogP contribution < -0.4 is 0 Å². The molecule has 1 aliphatic rings. The Morgan fingerprint density at radius 2 is 1.93 bits per heavy atom. The van der Waals surface area contributed by atoms with E-state index in [1.807, 2.05) is 6.07 Å². The third-order valence-electron chi connectivity index (χ3n) is 2.96. The van der Waals surface area contributed by atoms with Crippen LogP contribution in [0, 0.1) is 0 Å². The van der Waals surface area contributed by atoms with Crippen LogP contribution in [0.5, 0.6) is 0 Å². The van der Waals surface area contributed by atoms with E-state index in [0.717, 1.165) is 6.54 Å². The molecule has 1 heterocycles. The van der Waals surface area contributed by atoms with Crippen molar-refractivity contribution in [3.63, 3.8) is 0 Å². The molecule has 0 N–H and O–H groups in total. The van der Waals surface area contributed by atoms with Crippen molar-refractivity contribution in [1.29, 1.82) is 0 Å². The molecule has 1 atom stereocenters. The minimum absolute atomic E-state index is 0.138. The van der Waals surface area contributed by atoms with Crippen LogP contribution in [0.3, 0.4) is 0 Å². The lowest BCUT2D eigenvalue weighted by Crippen LogP contribution is -2.35. The Bertz CT molecular complexity index is 307. The van der Waals surface area contributed by atoms with Crippen molar-refractivity contribution < 1.29 is 4.74 Å². The van der Waals surface area contributed by atoms with Gasteiger partial charge in [-0.05, 0) is 26.5 Å². The summed E-state index contributed by atoms with van der Waals surface area (Å²) in [4.78, 5) is 2.24. The molecule has 2 rings (SSSR count). The van der Waals surface area contributed by atoms with Crippen LogP contribution in [0.4, 0.5) is 0 Å². The van der Waals surface area contributed by atoms with E-state index in [1.165, 1.54) is 5.56 Å². The van der Waals surface area contributed by atoms with E-state index in [1.54, 1.807) is 0 Å². The molecule has 0 saturated carbocycles. The lowest BCUT2D eigenvalue weighted by molar-refractivity contribution is -0.0681. The molecular weight excluding hydrogens is 174 g/mol. The monoisotopic (exact) mass is 191 g/mol. The average Bonchev–Trinajstić information content (AvgIpc) is 2.43. The van der Waals surface area contributed by atoms with E-state index in [2.05, 4.69) is 50.1 Å². The minimum Gasteiger partial charge on any atom is -0.352 e. The van der Waals surface area contributed by atoms with Crippen molar-refractivity contribution in [1.82, 2.24) is 4.90 Å². The first kappa shape index (κ1) is 9.69. The van der Waals surface area contributed by atoms with E-state index < -0.39 is 0 Å². The van der Waals surface area contributed by atoms with Crippen molar-refractivity contribution in [2.45, 2.75) is 25.7 Å². The molecule has 2 nitrogen and oxygen atoms in total. The molecule has 76 valence electrons. The van der Waals surface area contributed by atoms with Gasteiger partial charge in [0.15, 0.2) is 0 Å². The van der Waals surface area contributed by atoms with Crippen molar-refractivity contribution in [2.75, 3.05) is 13.6 Å². The molecule has 1 saturated heterocycles. The third-order valence-corrected chi connectivity index (χ3v) is 2.96. The molecule has 1 fully saturated rings. The topological polar surface area (TPSA) is 12.5 Å². The maximum Gasteiger partial charge on any atom is 0.116 e. The highest BCUT2D eigenvalue weighted by Gasteiger charge is 2.37. The molecule has 1 unspecified atom stereocenters. The van der Waals surface area contributed by atoms with Crippen molar-refractivity contribution in [3.05, 3.63) is 35.9 Å². The van der Waals surface area contributed by atoms with Crippen LogP contribution in [-0.2, 0) is 4.74 Å². The molecule has 0 aromatic heterocycles. The number of benzene rings is 1. The predicted molar refractivity (Wildman–Crippen MR) is 57.0 cm³/mol. The van der Waals surface area contributed by atoms with Gasteiger partial charge in [0.25, 0.3) is 0 Å². The fourth-order valence-corrected chi connectivity index (χ4v) is 1.79. The van der Waals surface area contributed by atoms with Gasteiger partial charge in [-0.15, -0.1) is 0 Å². The van der Waals surface area contributed by atoms with E-state index in [-0.39, 0.29) is 11.8 Å². The van der Waals surface area contributed by atoms with Crippen LogP contribution in [-0.4, -0.2) is 24.2 Å². The molecule has 1 aromatic carbocycles. The van der Waals surface area contributed by atoms with Gasteiger partial charge in [-0.1, -0.05) is 30.3 Å². The highest BCUT2D eigenvalue weighted by Crippen LogP contribution is 2.33. The zero-order valence-corrected chi connectivity index (χ0v) is 9.03. The van der Waals surface area contributed by atoms with Crippen LogP contribution >= 0.6 is 0 Å². The third kappa shape index (κ3) is 1.68. The molecule has 2 heteroatoms. The Morgan fingerprint density at radius 1 is 1.29 bits per heavy atom. The van der Waals surface area contributed by atoms with Crippen LogP contribution in [0.25, 0.3) is 0 Å². The van der Waals surface area contributed by atoms with Crippen molar-refractivity contribution in [2.24, 2.45) is 0 Å². The predicted octanol–water partition coefficient (Wildman–Crippen LogP) is 2.43. The summed E-state index contributed by atoms with van der Waals surface area (Å²) in [6.07, 6.45) is 0.219. The summed E-state index contributed by atoms with van der Waals surface area (Å²) in [5.74, 6) is 0. The minimum atomic E-state index is -0.138. The van der Waals surface area contributed by atoms with Gasteiger partial charge in [-0.3, -0.25) is 4.90 Å². The Morgan fingerprint density at radius 3 is 2.43 bits per heavy atom. The Hall–Kier alpha value is -0.860. The maximum atomic E-state index is 5.97. The summed E-state index contributed by atoms with van der Waals surface area (Å²) in [6, 6.07) is 10.4. The van der Waals surface area contributed by atoms with Gasteiger partial charge < -0.3 is 4.74 Å². The average molecular weight is 191 g/mol. The fraction of sp³-hybridized carbons (Fsp3) is 0.500. The summed E-state index contributed by atoms with van der Waals surface area (Å²) >= 11 is 0. The summed E-state index contributed by atoms with van der Waals surface area (Å²) < 4.78 is 5.97. The van der Waals surface area contributed by atoms with Gasteiger partial charge in [0.05, 0.1) is 6.10 Å². The second kappa shape index (κ2) is 3.37. The Kier molecular flexibility index (Phi) is 2.33. The quantitative estimate of drug-likeness (QED) is 0.676. The van der Waals surface area contributed by atoms with Crippen molar-refractivity contribution in [3.8, 4) is 0 Å². The van der Waals surface area contributed by atoms with E-state index in [0.29, 0.717) is 0 Å². The number of hydrogen-bond acceptors (Lipinski definition) is 2. The zero-order valence-electron chi connectivity index (χ0n) is 9.03. The molecule has 0 spiro atoms. The summed E-state index contributed by atoms with van der Waals surface area (Å²) in [5, 5.41) is 0. The Balaban J connectivity index is 2.17. The number of likely N-dealkylation sites (N-methyl/N-ethyl adjacent to an activating group) is 1. The lowest BCUT2D eigenvalue weighted by atomic mass is 10.1. The molecule has 14 heavy (non-hydrogen) atoms. The molecule has 1 aromatic rings. The number of hydrogen-bond donors (Lipinski definition) is 0. The SMILES string of the molecule is CN1CC(c2ccccc2)OC1(C)C. The standard InChI is InChI=1S/C12H17NO/c1-12(2)13(3)9-11(14-12)10-7-5-4-6-8-10/h4-8,11H,9H2,1-3H3. The van der Waals surface area contributed by atoms with E-state index in [9.17, 15) is 0 Å². The first-order valence-electron chi connectivity index (χ1n) is 5.03. The van der Waals surface area contributed by atoms with Gasteiger partial charge in [-0.2, -0.15) is 0 Å². The molecular formula is C12H17NO. The number of rotatable bonds is 1. The maximum absolute atomic E-state index is 5.97. The highest BCUT2D eigenvalue weighted by atomic mass is 16.5. The molecule has 0 aliphatic carbocycles. The first-order valence-corrected chi connectivity index (χ1v) is 5.03. The molecule has 1 aliphatic heterocycles. The molecule has 0 radical (unpaired) electrons. The fourth-order valence-electron chi connectivity index (χ4n) is 1.79. The van der Waals surface area contributed by atoms with Crippen LogP contribution in [0.15, 0.2) is 30.3 Å². The van der Waals surface area contributed by atoms with Crippen molar-refractivity contribution >= 4 is 0 Å². The van der Waals surface area contributed by atoms with E-state index in [4.69, 9.17) is 4.74 Å². The molecule has 0 amide bonds. The second-order valence-corrected chi connectivity index (χ2v) is 4.34. The van der Waals surface area contributed by atoms with Gasteiger partial charge in [0.2, 0.25) is 0 Å². The second-order valence-electron chi connectivity index (χ2n) is 4.34. The lowest BCUT2D eigenvalue weighted by Gasteiger charge is -2.25.